The fraction of sp³-hybridized carbons (Fsp3) is 0.556. The van der Waals surface area contributed by atoms with Crippen LogP contribution in [-0.4, -0.2) is 4.98 Å². The first-order valence-corrected chi connectivity index (χ1v) is 7.70. The third-order valence-electron chi connectivity index (χ3n) is 5.20. The molecule has 3 rings (SSSR count). The van der Waals surface area contributed by atoms with E-state index in [-0.39, 0.29) is 0 Å². The Morgan fingerprint density at radius 3 is 2.74 bits per heavy atom. The van der Waals surface area contributed by atoms with Crippen molar-refractivity contribution in [2.45, 2.75) is 51.9 Å². The number of aromatic amines is 1. The summed E-state index contributed by atoms with van der Waals surface area (Å²) in [5, 5.41) is 1.36. The van der Waals surface area contributed by atoms with Crippen LogP contribution in [0.2, 0.25) is 0 Å². The van der Waals surface area contributed by atoms with E-state index in [2.05, 4.69) is 56.1 Å². The molecule has 0 bridgehead atoms. The van der Waals surface area contributed by atoms with E-state index in [0.717, 1.165) is 5.92 Å². The second-order valence-corrected chi connectivity index (χ2v) is 6.78. The highest BCUT2D eigenvalue weighted by atomic mass is 14.7. The minimum absolute atomic E-state index is 0.358. The van der Waals surface area contributed by atoms with Crippen molar-refractivity contribution in [3.63, 3.8) is 0 Å². The van der Waals surface area contributed by atoms with Gasteiger partial charge in [-0.15, -0.1) is 0 Å². The fourth-order valence-corrected chi connectivity index (χ4v) is 4.01. The zero-order valence-corrected chi connectivity index (χ0v) is 12.4. The van der Waals surface area contributed by atoms with Crippen molar-refractivity contribution in [2.24, 2.45) is 11.8 Å². The van der Waals surface area contributed by atoms with Crippen molar-refractivity contribution in [3.05, 3.63) is 36.0 Å². The predicted octanol–water partition coefficient (Wildman–Crippen LogP) is 5.27. The molecule has 2 unspecified atom stereocenters. The molecule has 1 fully saturated rings. The average molecular weight is 255 g/mol. The summed E-state index contributed by atoms with van der Waals surface area (Å²) in [5.41, 5.74) is 3.11. The first-order valence-electron chi connectivity index (χ1n) is 7.70. The average Bonchev–Trinajstić information content (AvgIpc) is 2.82. The quantitative estimate of drug-likeness (QED) is 0.752. The summed E-state index contributed by atoms with van der Waals surface area (Å²) in [4.78, 5) is 3.71. The Kier molecular flexibility index (Phi) is 3.16. The second-order valence-electron chi connectivity index (χ2n) is 6.78. The molecule has 102 valence electrons. The summed E-state index contributed by atoms with van der Waals surface area (Å²) < 4.78 is 0. The van der Waals surface area contributed by atoms with E-state index in [4.69, 9.17) is 0 Å². The van der Waals surface area contributed by atoms with Gasteiger partial charge in [-0.05, 0) is 42.2 Å². The number of fused-ring (bicyclic) bond motifs is 1. The largest absolute Gasteiger partial charge is 0.358 e. The standard InChI is InChI=1S/C18H25N/c1-13(2)18(10-6-7-14(3)12-18)17-11-15-8-4-5-9-16(15)19-17/h4-5,8-9,11,13-14,19H,6-7,10,12H2,1-3H3. The maximum Gasteiger partial charge on any atom is 0.0456 e. The summed E-state index contributed by atoms with van der Waals surface area (Å²) >= 11 is 0. The van der Waals surface area contributed by atoms with Gasteiger partial charge < -0.3 is 4.98 Å². The van der Waals surface area contributed by atoms with Gasteiger partial charge in [-0.2, -0.15) is 0 Å². The van der Waals surface area contributed by atoms with E-state index >= 15 is 0 Å². The van der Waals surface area contributed by atoms with Crippen molar-refractivity contribution >= 4 is 10.9 Å². The molecule has 2 aromatic rings. The number of H-pyrrole nitrogens is 1. The lowest BCUT2D eigenvalue weighted by Gasteiger charge is -2.43. The number of para-hydroxylation sites is 1. The lowest BCUT2D eigenvalue weighted by atomic mass is 9.62. The van der Waals surface area contributed by atoms with E-state index in [9.17, 15) is 0 Å². The molecule has 1 nitrogen and oxygen atoms in total. The molecular formula is C18H25N. The van der Waals surface area contributed by atoms with Crippen LogP contribution in [0.5, 0.6) is 0 Å². The van der Waals surface area contributed by atoms with Crippen LogP contribution in [-0.2, 0) is 5.41 Å². The van der Waals surface area contributed by atoms with Gasteiger partial charge in [-0.1, -0.05) is 51.8 Å². The third-order valence-corrected chi connectivity index (χ3v) is 5.20. The predicted molar refractivity (Wildman–Crippen MR) is 82.4 cm³/mol. The van der Waals surface area contributed by atoms with E-state index in [1.165, 1.54) is 42.3 Å². The van der Waals surface area contributed by atoms with Crippen molar-refractivity contribution in [2.75, 3.05) is 0 Å². The van der Waals surface area contributed by atoms with Gasteiger partial charge in [-0.3, -0.25) is 0 Å². The lowest BCUT2D eigenvalue weighted by molar-refractivity contribution is 0.169. The van der Waals surface area contributed by atoms with Crippen LogP contribution in [0, 0.1) is 11.8 Å². The summed E-state index contributed by atoms with van der Waals surface area (Å²) in [6, 6.07) is 11.1. The van der Waals surface area contributed by atoms with Crippen LogP contribution in [0.3, 0.4) is 0 Å². The van der Waals surface area contributed by atoms with Gasteiger partial charge in [0.25, 0.3) is 0 Å². The Morgan fingerprint density at radius 1 is 1.26 bits per heavy atom. The summed E-state index contributed by atoms with van der Waals surface area (Å²) in [6.07, 6.45) is 5.43. The van der Waals surface area contributed by atoms with Crippen LogP contribution in [0.4, 0.5) is 0 Å². The Morgan fingerprint density at radius 2 is 2.05 bits per heavy atom. The minimum Gasteiger partial charge on any atom is -0.358 e. The van der Waals surface area contributed by atoms with Gasteiger partial charge in [0.1, 0.15) is 0 Å². The topological polar surface area (TPSA) is 15.8 Å². The van der Waals surface area contributed by atoms with Crippen molar-refractivity contribution in [3.8, 4) is 0 Å². The molecule has 1 aliphatic rings. The SMILES string of the molecule is CC1CCCC(c2cc3ccccc3[nH]2)(C(C)C)C1. The number of benzene rings is 1. The molecular weight excluding hydrogens is 230 g/mol. The molecule has 1 heteroatoms. The first-order chi connectivity index (χ1) is 9.12. The van der Waals surface area contributed by atoms with E-state index in [1.807, 2.05) is 0 Å². The molecule has 1 aliphatic carbocycles. The fourth-order valence-electron chi connectivity index (χ4n) is 4.01. The summed E-state index contributed by atoms with van der Waals surface area (Å²) in [6.45, 7) is 7.20. The molecule has 0 aliphatic heterocycles. The van der Waals surface area contributed by atoms with Crippen LogP contribution < -0.4 is 0 Å². The Hall–Kier alpha value is -1.24. The molecule has 0 spiro atoms. The van der Waals surface area contributed by atoms with Crippen LogP contribution in [0.1, 0.15) is 52.1 Å². The van der Waals surface area contributed by atoms with Crippen molar-refractivity contribution < 1.29 is 0 Å². The number of rotatable bonds is 2. The first kappa shape index (κ1) is 12.8. The molecule has 19 heavy (non-hydrogen) atoms. The van der Waals surface area contributed by atoms with Gasteiger partial charge in [0.05, 0.1) is 0 Å². The number of hydrogen-bond donors (Lipinski definition) is 1. The molecule has 0 saturated heterocycles. The monoisotopic (exact) mass is 255 g/mol. The minimum atomic E-state index is 0.358. The second kappa shape index (κ2) is 4.70. The molecule has 1 aromatic heterocycles. The van der Waals surface area contributed by atoms with Crippen molar-refractivity contribution in [1.82, 2.24) is 4.98 Å². The Labute approximate surface area is 116 Å². The third kappa shape index (κ3) is 2.09. The lowest BCUT2D eigenvalue weighted by Crippen LogP contribution is -2.37. The van der Waals surface area contributed by atoms with Gasteiger partial charge in [0, 0.05) is 16.6 Å². The molecule has 0 amide bonds. The number of aromatic nitrogens is 1. The summed E-state index contributed by atoms with van der Waals surface area (Å²) in [7, 11) is 0. The zero-order chi connectivity index (χ0) is 13.5. The molecule has 1 heterocycles. The van der Waals surface area contributed by atoms with Crippen LogP contribution in [0.15, 0.2) is 30.3 Å². The smallest absolute Gasteiger partial charge is 0.0456 e. The van der Waals surface area contributed by atoms with Crippen molar-refractivity contribution in [1.29, 1.82) is 0 Å². The maximum atomic E-state index is 3.71. The summed E-state index contributed by atoms with van der Waals surface area (Å²) in [5.74, 6) is 1.55. The van der Waals surface area contributed by atoms with Gasteiger partial charge in [0.15, 0.2) is 0 Å². The normalized spacial score (nSPS) is 28.1. The molecule has 1 saturated carbocycles. The van der Waals surface area contributed by atoms with Gasteiger partial charge >= 0.3 is 0 Å². The molecule has 0 radical (unpaired) electrons. The molecule has 1 N–H and O–H groups in total. The van der Waals surface area contributed by atoms with Gasteiger partial charge in [0.2, 0.25) is 0 Å². The van der Waals surface area contributed by atoms with Crippen LogP contribution in [0.25, 0.3) is 10.9 Å². The highest BCUT2D eigenvalue weighted by Gasteiger charge is 2.40. The molecule has 2 atom stereocenters. The highest BCUT2D eigenvalue weighted by Crippen LogP contribution is 2.47. The van der Waals surface area contributed by atoms with E-state index in [0.29, 0.717) is 11.3 Å². The van der Waals surface area contributed by atoms with Crippen LogP contribution >= 0.6 is 0 Å². The number of nitrogens with one attached hydrogen (secondary N) is 1. The Balaban J connectivity index is 2.08. The van der Waals surface area contributed by atoms with E-state index < -0.39 is 0 Å². The maximum absolute atomic E-state index is 3.71. The van der Waals surface area contributed by atoms with E-state index in [1.54, 1.807) is 0 Å². The zero-order valence-electron chi connectivity index (χ0n) is 12.4. The molecule has 1 aromatic carbocycles. The number of hydrogen-bond acceptors (Lipinski definition) is 0. The Bertz CT molecular complexity index is 533. The van der Waals surface area contributed by atoms with Gasteiger partial charge in [-0.25, -0.2) is 0 Å². The highest BCUT2D eigenvalue weighted by molar-refractivity contribution is 5.80.